The van der Waals surface area contributed by atoms with Crippen LogP contribution in [0, 0.1) is 0 Å². The second-order valence-corrected chi connectivity index (χ2v) is 7.25. The summed E-state index contributed by atoms with van der Waals surface area (Å²) in [6, 6.07) is 0.866. The van der Waals surface area contributed by atoms with Crippen molar-refractivity contribution in [1.82, 2.24) is 4.72 Å². The van der Waals surface area contributed by atoms with Crippen LogP contribution in [-0.4, -0.2) is 45.3 Å². The van der Waals surface area contributed by atoms with Gasteiger partial charge in [-0.25, -0.2) is 13.1 Å². The molecular formula is C12H26N2O4S. The number of carbonyl (C=O) groups excluding carboxylic acids is 1. The van der Waals surface area contributed by atoms with Gasteiger partial charge in [0, 0.05) is 5.97 Å². The van der Waals surface area contributed by atoms with Crippen LogP contribution in [0.4, 0.5) is 0 Å². The molecular weight excluding hydrogens is 268 g/mol. The third kappa shape index (κ3) is 8.96. The highest BCUT2D eigenvalue weighted by Gasteiger charge is 2.18. The van der Waals surface area contributed by atoms with Gasteiger partial charge in [0.05, 0.1) is 30.9 Å². The number of hydrogen-bond acceptors (Lipinski definition) is 4. The summed E-state index contributed by atoms with van der Waals surface area (Å²) in [6.45, 7) is 9.50. The summed E-state index contributed by atoms with van der Waals surface area (Å²) in [5.41, 5.74) is 0. The lowest BCUT2D eigenvalue weighted by molar-refractivity contribution is -0.941. The molecule has 0 radical (unpaired) electrons. The number of rotatable bonds is 10. The first-order valence-corrected chi connectivity index (χ1v) is 8.33. The fourth-order valence-electron chi connectivity index (χ4n) is 2.07. The molecule has 0 atom stereocenters. The third-order valence-electron chi connectivity index (χ3n) is 3.01. The van der Waals surface area contributed by atoms with E-state index >= 15 is 0 Å². The first kappa shape index (κ1) is 18.3. The lowest BCUT2D eigenvalue weighted by Gasteiger charge is -2.27. The maximum absolute atomic E-state index is 11.6. The van der Waals surface area contributed by atoms with Crippen LogP contribution in [0.15, 0.2) is 0 Å². The molecule has 0 fully saturated rings. The van der Waals surface area contributed by atoms with Gasteiger partial charge in [-0.05, 0) is 40.5 Å². The zero-order valence-corrected chi connectivity index (χ0v) is 13.0. The number of carbonyl (C=O) groups is 1. The molecule has 2 N–H and O–H groups in total. The van der Waals surface area contributed by atoms with Gasteiger partial charge in [0.25, 0.3) is 0 Å². The molecule has 0 aromatic rings. The molecule has 0 amide bonds. The van der Waals surface area contributed by atoms with Gasteiger partial charge in [-0.1, -0.05) is 0 Å². The summed E-state index contributed by atoms with van der Waals surface area (Å²) in [4.78, 5) is 11.5. The largest absolute Gasteiger partial charge is 0.550 e. The van der Waals surface area contributed by atoms with Gasteiger partial charge in [0.1, 0.15) is 0 Å². The molecule has 0 spiro atoms. The van der Waals surface area contributed by atoms with Crippen molar-refractivity contribution in [2.45, 2.75) is 52.6 Å². The highest BCUT2D eigenvalue weighted by atomic mass is 32.2. The molecule has 0 rings (SSSR count). The molecule has 114 valence electrons. The number of hydrogen-bond donors (Lipinski definition) is 2. The molecule has 0 saturated heterocycles. The van der Waals surface area contributed by atoms with Crippen molar-refractivity contribution in [3.05, 3.63) is 0 Å². The van der Waals surface area contributed by atoms with Crippen LogP contribution in [-0.2, 0) is 14.8 Å². The van der Waals surface area contributed by atoms with Gasteiger partial charge in [-0.2, -0.15) is 0 Å². The van der Waals surface area contributed by atoms with Crippen molar-refractivity contribution >= 4 is 16.0 Å². The van der Waals surface area contributed by atoms with E-state index in [0.717, 1.165) is 6.54 Å². The first-order valence-electron chi connectivity index (χ1n) is 6.68. The van der Waals surface area contributed by atoms with E-state index in [1.807, 2.05) is 0 Å². The van der Waals surface area contributed by atoms with Crippen molar-refractivity contribution in [3.63, 3.8) is 0 Å². The van der Waals surface area contributed by atoms with E-state index in [-0.39, 0.29) is 18.6 Å². The minimum atomic E-state index is -3.38. The molecule has 0 bridgehead atoms. The van der Waals surface area contributed by atoms with E-state index in [1.165, 1.54) is 4.90 Å². The monoisotopic (exact) mass is 294 g/mol. The molecule has 19 heavy (non-hydrogen) atoms. The molecule has 0 aromatic carbocycles. The zero-order chi connectivity index (χ0) is 15.1. The average molecular weight is 294 g/mol. The third-order valence-corrected chi connectivity index (χ3v) is 4.48. The van der Waals surface area contributed by atoms with Crippen molar-refractivity contribution < 1.29 is 23.2 Å². The number of carboxylic acid groups (broad SMARTS) is 1. The summed E-state index contributed by atoms with van der Waals surface area (Å²) in [5.74, 6) is -1.38. The summed E-state index contributed by atoms with van der Waals surface area (Å²) >= 11 is 0. The molecule has 0 aromatic heterocycles. The van der Waals surface area contributed by atoms with Crippen LogP contribution in [0.1, 0.15) is 40.5 Å². The van der Waals surface area contributed by atoms with E-state index in [9.17, 15) is 18.3 Å². The summed E-state index contributed by atoms with van der Waals surface area (Å²) in [6.07, 6.45) is -0.140. The predicted molar refractivity (Wildman–Crippen MR) is 72.1 cm³/mol. The van der Waals surface area contributed by atoms with Crippen LogP contribution in [0.25, 0.3) is 0 Å². The van der Waals surface area contributed by atoms with Gasteiger partial charge in [-0.3, -0.25) is 0 Å². The number of carboxylic acids is 1. The Hall–Kier alpha value is -0.660. The minimum absolute atomic E-state index is 0.0859. The molecule has 0 unspecified atom stereocenters. The van der Waals surface area contributed by atoms with Gasteiger partial charge in [0.2, 0.25) is 10.0 Å². The second-order valence-electron chi connectivity index (χ2n) is 5.32. The van der Waals surface area contributed by atoms with E-state index < -0.39 is 16.0 Å². The quantitative estimate of drug-likeness (QED) is 0.494. The van der Waals surface area contributed by atoms with Crippen molar-refractivity contribution in [2.24, 2.45) is 0 Å². The maximum Gasteiger partial charge on any atom is 0.211 e. The Morgan fingerprint density at radius 3 is 2.16 bits per heavy atom. The first-order chi connectivity index (χ1) is 8.65. The molecule has 0 aliphatic carbocycles. The van der Waals surface area contributed by atoms with Crippen molar-refractivity contribution in [1.29, 1.82) is 0 Å². The number of aliphatic carboxylic acids is 1. The van der Waals surface area contributed by atoms with Gasteiger partial charge in [0.15, 0.2) is 0 Å². The van der Waals surface area contributed by atoms with Gasteiger partial charge in [-0.15, -0.1) is 0 Å². The average Bonchev–Trinajstić information content (AvgIpc) is 2.22. The molecule has 6 nitrogen and oxygen atoms in total. The van der Waals surface area contributed by atoms with E-state index in [4.69, 9.17) is 0 Å². The highest BCUT2D eigenvalue weighted by molar-refractivity contribution is 7.89. The predicted octanol–water partition coefficient (Wildman–Crippen LogP) is -1.86. The zero-order valence-electron chi connectivity index (χ0n) is 12.2. The van der Waals surface area contributed by atoms with Crippen molar-refractivity contribution in [2.75, 3.05) is 18.8 Å². The van der Waals surface area contributed by atoms with Crippen LogP contribution in [0.3, 0.4) is 0 Å². The Labute approximate surface area is 116 Å². The molecule has 7 heteroatoms. The van der Waals surface area contributed by atoms with Crippen molar-refractivity contribution in [3.8, 4) is 0 Å². The van der Waals surface area contributed by atoms with E-state index in [1.54, 1.807) is 0 Å². The van der Waals surface area contributed by atoms with E-state index in [2.05, 4.69) is 32.4 Å². The summed E-state index contributed by atoms with van der Waals surface area (Å²) < 4.78 is 25.7. The molecule has 0 heterocycles. The Balaban J connectivity index is 4.07. The second kappa shape index (κ2) is 8.50. The maximum atomic E-state index is 11.6. The summed E-state index contributed by atoms with van der Waals surface area (Å²) in [7, 11) is -3.38. The Kier molecular flexibility index (Phi) is 8.20. The number of quaternary nitrogens is 1. The standard InChI is InChI=1S/C12H26N2O4S/c1-10(2)14(11(3)4)8-7-13-19(17,18)9-5-6-12(15)16/h10-11,13H,5-9H2,1-4H3,(H,15,16). The number of sulfonamides is 1. The van der Waals surface area contributed by atoms with Crippen LogP contribution < -0.4 is 14.7 Å². The minimum Gasteiger partial charge on any atom is -0.550 e. The summed E-state index contributed by atoms with van der Waals surface area (Å²) in [5, 5.41) is 10.2. The van der Waals surface area contributed by atoms with Crippen LogP contribution in [0.5, 0.6) is 0 Å². The SMILES string of the molecule is CC(C)[NH+](CCNS(=O)(=O)CCCC(=O)[O-])C(C)C. The van der Waals surface area contributed by atoms with Crippen LogP contribution in [0.2, 0.25) is 0 Å². The van der Waals surface area contributed by atoms with E-state index in [0.29, 0.717) is 18.6 Å². The lowest BCUT2D eigenvalue weighted by atomic mass is 10.2. The lowest BCUT2D eigenvalue weighted by Crippen LogP contribution is -3.18. The normalized spacial score (nSPS) is 12.6. The fraction of sp³-hybridized carbons (Fsp3) is 0.917. The smallest absolute Gasteiger partial charge is 0.211 e. The highest BCUT2D eigenvalue weighted by Crippen LogP contribution is 1.93. The topological polar surface area (TPSA) is 90.7 Å². The molecule has 0 aliphatic rings. The number of nitrogens with one attached hydrogen (secondary N) is 2. The van der Waals surface area contributed by atoms with Crippen LogP contribution >= 0.6 is 0 Å². The van der Waals surface area contributed by atoms with Gasteiger partial charge >= 0.3 is 0 Å². The molecule has 0 saturated carbocycles. The Bertz CT molecular complexity index is 358. The Morgan fingerprint density at radius 2 is 1.74 bits per heavy atom. The fourth-order valence-corrected chi connectivity index (χ4v) is 3.16. The Morgan fingerprint density at radius 1 is 1.21 bits per heavy atom. The molecule has 0 aliphatic heterocycles. The van der Waals surface area contributed by atoms with Gasteiger partial charge < -0.3 is 14.8 Å².